The van der Waals surface area contributed by atoms with Gasteiger partial charge < -0.3 is 15.2 Å². The van der Waals surface area contributed by atoms with Gasteiger partial charge in [0.05, 0.1) is 12.3 Å². The van der Waals surface area contributed by atoms with E-state index in [1.165, 1.54) is 12.1 Å². The van der Waals surface area contributed by atoms with Crippen LogP contribution in [-0.2, 0) is 16.0 Å². The first-order valence-electron chi connectivity index (χ1n) is 6.64. The van der Waals surface area contributed by atoms with E-state index in [9.17, 15) is 14.3 Å². The molecule has 2 N–H and O–H groups in total. The van der Waals surface area contributed by atoms with E-state index in [1.54, 1.807) is 0 Å². The minimum absolute atomic E-state index is 0.0180. The van der Waals surface area contributed by atoms with Crippen LogP contribution in [0.2, 0.25) is 0 Å². The molecule has 0 fully saturated rings. The number of ether oxygens (including phenoxy) is 1. The van der Waals surface area contributed by atoms with Crippen molar-refractivity contribution in [3.63, 3.8) is 0 Å². The summed E-state index contributed by atoms with van der Waals surface area (Å²) < 4.78 is 19.2. The van der Waals surface area contributed by atoms with Crippen molar-refractivity contribution in [3.05, 3.63) is 59.4 Å². The minimum Gasteiger partial charge on any atom is -0.508 e. The Balaban J connectivity index is 1.83. The maximum absolute atomic E-state index is 13.7. The summed E-state index contributed by atoms with van der Waals surface area (Å²) >= 11 is 0. The maximum Gasteiger partial charge on any atom is 0.258 e. The van der Waals surface area contributed by atoms with Crippen LogP contribution in [-0.4, -0.2) is 17.6 Å². The first-order valence-corrected chi connectivity index (χ1v) is 6.64. The van der Waals surface area contributed by atoms with Crippen LogP contribution >= 0.6 is 0 Å². The molecule has 0 spiro atoms. The van der Waals surface area contributed by atoms with Gasteiger partial charge in [0, 0.05) is 6.07 Å². The molecule has 5 heteroatoms. The summed E-state index contributed by atoms with van der Waals surface area (Å²) in [6.07, 6.45) is 0.0104. The van der Waals surface area contributed by atoms with E-state index >= 15 is 0 Å². The fraction of sp³-hybridized carbons (Fsp3) is 0.188. The molecule has 0 saturated carbocycles. The molecule has 0 saturated heterocycles. The standard InChI is InChI=1S/C16H14FNO3/c17-13-9-11(19)5-6-14(13)18-16(20)15-12-4-2-1-3-10(12)7-8-21-15/h1-6,9,15,19H,7-8H2,(H,18,20)/t15-/m1/s1. The number of hydrogen-bond donors (Lipinski definition) is 2. The number of benzene rings is 2. The Bertz CT molecular complexity index is 687. The number of amides is 1. The van der Waals surface area contributed by atoms with Gasteiger partial charge in [0.25, 0.3) is 5.91 Å². The van der Waals surface area contributed by atoms with Crippen LogP contribution < -0.4 is 5.32 Å². The highest BCUT2D eigenvalue weighted by Gasteiger charge is 2.27. The van der Waals surface area contributed by atoms with E-state index < -0.39 is 17.8 Å². The van der Waals surface area contributed by atoms with Crippen molar-refractivity contribution < 1.29 is 19.0 Å². The molecule has 0 aromatic heterocycles. The summed E-state index contributed by atoms with van der Waals surface area (Å²) in [5.74, 6) is -1.30. The monoisotopic (exact) mass is 287 g/mol. The van der Waals surface area contributed by atoms with Gasteiger partial charge >= 0.3 is 0 Å². The van der Waals surface area contributed by atoms with E-state index in [1.807, 2.05) is 24.3 Å². The lowest BCUT2D eigenvalue weighted by Gasteiger charge is -2.25. The fourth-order valence-electron chi connectivity index (χ4n) is 2.41. The Morgan fingerprint density at radius 2 is 2.10 bits per heavy atom. The minimum atomic E-state index is -0.747. The lowest BCUT2D eigenvalue weighted by molar-refractivity contribution is -0.128. The van der Waals surface area contributed by atoms with Crippen LogP contribution in [0.25, 0.3) is 0 Å². The van der Waals surface area contributed by atoms with Crippen molar-refractivity contribution in [2.24, 2.45) is 0 Å². The summed E-state index contributed by atoms with van der Waals surface area (Å²) in [7, 11) is 0. The average molecular weight is 287 g/mol. The Kier molecular flexibility index (Phi) is 3.58. The van der Waals surface area contributed by atoms with Gasteiger partial charge in [-0.05, 0) is 29.7 Å². The predicted molar refractivity (Wildman–Crippen MR) is 75.5 cm³/mol. The molecule has 1 heterocycles. The Labute approximate surface area is 121 Å². The molecule has 0 bridgehead atoms. The molecule has 4 nitrogen and oxygen atoms in total. The summed E-state index contributed by atoms with van der Waals surface area (Å²) in [6.45, 7) is 0.452. The molecule has 0 radical (unpaired) electrons. The van der Waals surface area contributed by atoms with Crippen molar-refractivity contribution in [1.29, 1.82) is 0 Å². The van der Waals surface area contributed by atoms with Crippen LogP contribution in [0, 0.1) is 5.82 Å². The lowest BCUT2D eigenvalue weighted by Crippen LogP contribution is -2.28. The van der Waals surface area contributed by atoms with Crippen LogP contribution in [0.15, 0.2) is 42.5 Å². The quantitative estimate of drug-likeness (QED) is 0.835. The second kappa shape index (κ2) is 5.54. The molecule has 1 atom stereocenters. The topological polar surface area (TPSA) is 58.6 Å². The number of anilines is 1. The van der Waals surface area contributed by atoms with Gasteiger partial charge in [0.1, 0.15) is 11.6 Å². The molecule has 2 aromatic rings. The molecule has 1 aliphatic heterocycles. The first kappa shape index (κ1) is 13.6. The van der Waals surface area contributed by atoms with Gasteiger partial charge in [0.15, 0.2) is 6.10 Å². The number of halogens is 1. The molecule has 108 valence electrons. The third-order valence-corrected chi connectivity index (χ3v) is 3.44. The summed E-state index contributed by atoms with van der Waals surface area (Å²) in [5, 5.41) is 11.7. The second-order valence-corrected chi connectivity index (χ2v) is 4.85. The smallest absolute Gasteiger partial charge is 0.258 e. The molecule has 3 rings (SSSR count). The van der Waals surface area contributed by atoms with Crippen LogP contribution in [0.5, 0.6) is 5.75 Å². The molecular weight excluding hydrogens is 273 g/mol. The molecule has 21 heavy (non-hydrogen) atoms. The van der Waals surface area contributed by atoms with Crippen molar-refractivity contribution >= 4 is 11.6 Å². The molecule has 1 aliphatic rings. The van der Waals surface area contributed by atoms with Crippen molar-refractivity contribution in [2.75, 3.05) is 11.9 Å². The molecule has 0 unspecified atom stereocenters. The number of carbonyl (C=O) groups excluding carboxylic acids is 1. The second-order valence-electron chi connectivity index (χ2n) is 4.85. The van der Waals surface area contributed by atoms with E-state index in [-0.39, 0.29) is 11.4 Å². The summed E-state index contributed by atoms with van der Waals surface area (Å²) in [4.78, 5) is 12.3. The Hall–Kier alpha value is -2.40. The maximum atomic E-state index is 13.7. The Morgan fingerprint density at radius 1 is 1.29 bits per heavy atom. The van der Waals surface area contributed by atoms with Crippen LogP contribution in [0.1, 0.15) is 17.2 Å². The lowest BCUT2D eigenvalue weighted by atomic mass is 9.97. The zero-order valence-electron chi connectivity index (χ0n) is 11.2. The fourth-order valence-corrected chi connectivity index (χ4v) is 2.41. The Morgan fingerprint density at radius 3 is 2.90 bits per heavy atom. The number of hydrogen-bond acceptors (Lipinski definition) is 3. The number of rotatable bonds is 2. The highest BCUT2D eigenvalue weighted by Crippen LogP contribution is 2.29. The number of fused-ring (bicyclic) bond motifs is 1. The first-order chi connectivity index (χ1) is 10.1. The van der Waals surface area contributed by atoms with Crippen molar-refractivity contribution in [2.45, 2.75) is 12.5 Å². The van der Waals surface area contributed by atoms with E-state index in [0.29, 0.717) is 6.61 Å². The SMILES string of the molecule is O=C(Nc1ccc(O)cc1F)[C@@H]1OCCc2ccccc21. The number of nitrogens with one attached hydrogen (secondary N) is 1. The van der Waals surface area contributed by atoms with Gasteiger partial charge in [-0.15, -0.1) is 0 Å². The molecule has 2 aromatic carbocycles. The molecule has 0 aliphatic carbocycles. The number of aromatic hydroxyl groups is 1. The van der Waals surface area contributed by atoms with Gasteiger partial charge in [0.2, 0.25) is 0 Å². The molecular formula is C16H14FNO3. The number of phenolic OH excluding ortho intramolecular Hbond substituents is 1. The molecule has 1 amide bonds. The van der Waals surface area contributed by atoms with E-state index in [4.69, 9.17) is 4.74 Å². The van der Waals surface area contributed by atoms with Gasteiger partial charge in [-0.2, -0.15) is 0 Å². The van der Waals surface area contributed by atoms with E-state index in [2.05, 4.69) is 5.32 Å². The third-order valence-electron chi connectivity index (χ3n) is 3.44. The highest BCUT2D eigenvalue weighted by atomic mass is 19.1. The third kappa shape index (κ3) is 2.73. The van der Waals surface area contributed by atoms with Gasteiger partial charge in [-0.1, -0.05) is 24.3 Å². The normalized spacial score (nSPS) is 17.1. The van der Waals surface area contributed by atoms with Crippen molar-refractivity contribution in [1.82, 2.24) is 0 Å². The van der Waals surface area contributed by atoms with Gasteiger partial charge in [-0.3, -0.25) is 4.79 Å². The number of carbonyl (C=O) groups is 1. The zero-order valence-corrected chi connectivity index (χ0v) is 11.2. The predicted octanol–water partition coefficient (Wildman–Crippen LogP) is 2.78. The summed E-state index contributed by atoms with van der Waals surface area (Å²) in [6, 6.07) is 11.1. The number of phenols is 1. The zero-order chi connectivity index (χ0) is 14.8. The van der Waals surface area contributed by atoms with E-state index in [0.717, 1.165) is 23.6 Å². The van der Waals surface area contributed by atoms with Gasteiger partial charge in [-0.25, -0.2) is 4.39 Å². The largest absolute Gasteiger partial charge is 0.508 e. The average Bonchev–Trinajstić information content (AvgIpc) is 2.49. The highest BCUT2D eigenvalue weighted by molar-refractivity contribution is 5.95. The summed E-state index contributed by atoms with van der Waals surface area (Å²) in [5.41, 5.74) is 1.89. The van der Waals surface area contributed by atoms with Crippen LogP contribution in [0.3, 0.4) is 0 Å². The van der Waals surface area contributed by atoms with Crippen molar-refractivity contribution in [3.8, 4) is 5.75 Å². The van der Waals surface area contributed by atoms with Crippen LogP contribution in [0.4, 0.5) is 10.1 Å².